The van der Waals surface area contributed by atoms with E-state index in [9.17, 15) is 9.18 Å². The molecule has 6 heteroatoms. The highest BCUT2D eigenvalue weighted by Crippen LogP contribution is 2.25. The van der Waals surface area contributed by atoms with Crippen LogP contribution in [-0.4, -0.2) is 48.9 Å². The predicted molar refractivity (Wildman–Crippen MR) is 102 cm³/mol. The third kappa shape index (κ3) is 3.87. The normalized spacial score (nSPS) is 15.4. The van der Waals surface area contributed by atoms with E-state index in [1.165, 1.54) is 6.07 Å². The van der Waals surface area contributed by atoms with Crippen LogP contribution in [0, 0.1) is 9.39 Å². The Morgan fingerprint density at radius 1 is 1.08 bits per heavy atom. The van der Waals surface area contributed by atoms with Gasteiger partial charge in [0.1, 0.15) is 5.82 Å². The molecule has 2 aromatic rings. The molecule has 0 unspecified atom stereocenters. The van der Waals surface area contributed by atoms with Crippen molar-refractivity contribution in [1.29, 1.82) is 0 Å². The van der Waals surface area contributed by atoms with E-state index >= 15 is 0 Å². The molecule has 2 aromatic carbocycles. The minimum Gasteiger partial charge on any atom is -0.352 e. The number of carbonyl (C=O) groups is 1. The topological polar surface area (TPSA) is 35.6 Å². The molecule has 1 heterocycles. The van der Waals surface area contributed by atoms with Gasteiger partial charge >= 0.3 is 0 Å². The molecule has 1 aliphatic heterocycles. The van der Waals surface area contributed by atoms with Gasteiger partial charge in [-0.05, 0) is 60.0 Å². The third-order valence-corrected chi connectivity index (χ3v) is 4.82. The maximum atomic E-state index is 14.1. The lowest BCUT2D eigenvalue weighted by atomic mass is 10.1. The number of carbonyl (C=O) groups excluding carboxylic acids is 1. The first-order chi connectivity index (χ1) is 11.5. The van der Waals surface area contributed by atoms with E-state index in [0.29, 0.717) is 30.0 Å². The molecule has 126 valence electrons. The number of para-hydroxylation sites is 1. The molecule has 0 saturated carbocycles. The van der Waals surface area contributed by atoms with Gasteiger partial charge in [0.15, 0.2) is 0 Å². The van der Waals surface area contributed by atoms with Gasteiger partial charge in [0, 0.05) is 29.7 Å². The van der Waals surface area contributed by atoms with Crippen molar-refractivity contribution < 1.29 is 9.18 Å². The van der Waals surface area contributed by atoms with Gasteiger partial charge in [0.25, 0.3) is 5.91 Å². The Morgan fingerprint density at radius 2 is 1.79 bits per heavy atom. The van der Waals surface area contributed by atoms with Crippen molar-refractivity contribution in [3.63, 3.8) is 0 Å². The molecule has 1 amide bonds. The summed E-state index contributed by atoms with van der Waals surface area (Å²) in [5.74, 6) is -0.346. The molecule has 0 atom stereocenters. The van der Waals surface area contributed by atoms with Crippen molar-refractivity contribution in [3.05, 3.63) is 57.4 Å². The lowest BCUT2D eigenvalue weighted by Gasteiger charge is -2.32. The zero-order valence-corrected chi connectivity index (χ0v) is 15.6. The molecule has 0 radical (unpaired) electrons. The summed E-state index contributed by atoms with van der Waals surface area (Å²) < 4.78 is 14.9. The fraction of sp³-hybridized carbons (Fsp3) is 0.278. The van der Waals surface area contributed by atoms with Crippen molar-refractivity contribution in [3.8, 4) is 0 Å². The Morgan fingerprint density at radius 3 is 2.50 bits per heavy atom. The molecule has 0 aromatic heterocycles. The number of likely N-dealkylation sites (N-methyl/N-ethyl adjacent to an activating group) is 1. The second-order valence-electron chi connectivity index (χ2n) is 5.89. The van der Waals surface area contributed by atoms with Gasteiger partial charge in [-0.3, -0.25) is 4.79 Å². The maximum absolute atomic E-state index is 14.1. The Kier molecular flexibility index (Phi) is 5.35. The molecule has 0 spiro atoms. The summed E-state index contributed by atoms with van der Waals surface area (Å²) in [5, 5.41) is 3.06. The molecule has 0 bridgehead atoms. The minimum atomic E-state index is -0.330. The van der Waals surface area contributed by atoms with E-state index < -0.39 is 0 Å². The zero-order chi connectivity index (χ0) is 17.1. The van der Waals surface area contributed by atoms with E-state index in [-0.39, 0.29) is 11.7 Å². The number of piperazine rings is 1. The number of anilines is 2. The molecule has 24 heavy (non-hydrogen) atoms. The van der Waals surface area contributed by atoms with Crippen LogP contribution in [0.5, 0.6) is 0 Å². The minimum absolute atomic E-state index is 0.0166. The predicted octanol–water partition coefficient (Wildman–Crippen LogP) is 3.56. The van der Waals surface area contributed by atoms with Crippen LogP contribution in [0.2, 0.25) is 0 Å². The quantitative estimate of drug-likeness (QED) is 0.744. The lowest BCUT2D eigenvalue weighted by Crippen LogP contribution is -2.47. The number of nitrogens with one attached hydrogen (secondary N) is 1. The first-order valence-corrected chi connectivity index (χ1v) is 8.91. The van der Waals surface area contributed by atoms with Crippen LogP contribution in [-0.2, 0) is 0 Å². The number of amides is 1. The second kappa shape index (κ2) is 7.48. The smallest absolute Gasteiger partial charge is 0.256 e. The average molecular weight is 439 g/mol. The summed E-state index contributed by atoms with van der Waals surface area (Å²) in [6, 6.07) is 12.2. The molecule has 1 aliphatic rings. The van der Waals surface area contributed by atoms with Crippen LogP contribution in [0.15, 0.2) is 42.5 Å². The maximum Gasteiger partial charge on any atom is 0.256 e. The number of benzene rings is 2. The van der Waals surface area contributed by atoms with E-state index in [1.807, 2.05) is 23.1 Å². The van der Waals surface area contributed by atoms with Gasteiger partial charge < -0.3 is 15.1 Å². The molecule has 1 saturated heterocycles. The summed E-state index contributed by atoms with van der Waals surface area (Å²) in [5.41, 5.74) is 1.57. The summed E-state index contributed by atoms with van der Waals surface area (Å²) in [6.07, 6.45) is 0. The van der Waals surface area contributed by atoms with E-state index in [4.69, 9.17) is 0 Å². The Labute approximate surface area is 154 Å². The molecule has 0 aliphatic carbocycles. The summed E-state index contributed by atoms with van der Waals surface area (Å²) in [7, 11) is 2.05. The van der Waals surface area contributed by atoms with E-state index in [1.54, 1.807) is 18.2 Å². The second-order valence-corrected chi connectivity index (χ2v) is 7.14. The van der Waals surface area contributed by atoms with Gasteiger partial charge in [0.2, 0.25) is 0 Å². The first kappa shape index (κ1) is 17.2. The average Bonchev–Trinajstić information content (AvgIpc) is 2.58. The SMILES string of the molecule is CN1CCN(C(=O)c2ccccc2Nc2ccc(I)cc2F)CC1. The number of hydrogen-bond donors (Lipinski definition) is 1. The van der Waals surface area contributed by atoms with E-state index in [2.05, 4.69) is 39.9 Å². The highest BCUT2D eigenvalue weighted by Gasteiger charge is 2.22. The first-order valence-electron chi connectivity index (χ1n) is 7.83. The molecule has 1 N–H and O–H groups in total. The van der Waals surface area contributed by atoms with Crippen molar-refractivity contribution in [2.24, 2.45) is 0 Å². The third-order valence-electron chi connectivity index (χ3n) is 4.15. The standard InChI is InChI=1S/C18H19FIN3O/c1-22-8-10-23(11-9-22)18(24)14-4-2-3-5-16(14)21-17-7-6-13(20)12-15(17)19/h2-7,12,21H,8-11H2,1H3. The van der Waals surface area contributed by atoms with Crippen LogP contribution in [0.4, 0.5) is 15.8 Å². The summed E-state index contributed by atoms with van der Waals surface area (Å²) in [4.78, 5) is 16.9. The Balaban J connectivity index is 1.83. The molecule has 3 rings (SSSR count). The number of hydrogen-bond acceptors (Lipinski definition) is 3. The van der Waals surface area contributed by atoms with Gasteiger partial charge in [0.05, 0.1) is 16.9 Å². The van der Waals surface area contributed by atoms with Crippen LogP contribution in [0.3, 0.4) is 0 Å². The van der Waals surface area contributed by atoms with Crippen molar-refractivity contribution >= 4 is 39.9 Å². The van der Waals surface area contributed by atoms with Crippen molar-refractivity contribution in [1.82, 2.24) is 9.80 Å². The van der Waals surface area contributed by atoms with Gasteiger partial charge in [-0.2, -0.15) is 0 Å². The molecular formula is C18H19FIN3O. The van der Waals surface area contributed by atoms with Crippen LogP contribution in [0.1, 0.15) is 10.4 Å². The molecule has 4 nitrogen and oxygen atoms in total. The lowest BCUT2D eigenvalue weighted by molar-refractivity contribution is 0.0665. The Bertz CT molecular complexity index is 745. The highest BCUT2D eigenvalue weighted by molar-refractivity contribution is 14.1. The van der Waals surface area contributed by atoms with Crippen molar-refractivity contribution in [2.75, 3.05) is 38.5 Å². The largest absolute Gasteiger partial charge is 0.352 e. The van der Waals surface area contributed by atoms with Gasteiger partial charge in [-0.15, -0.1) is 0 Å². The number of rotatable bonds is 3. The summed E-state index contributed by atoms with van der Waals surface area (Å²) in [6.45, 7) is 3.16. The fourth-order valence-electron chi connectivity index (χ4n) is 2.69. The van der Waals surface area contributed by atoms with Crippen LogP contribution >= 0.6 is 22.6 Å². The summed E-state index contributed by atoms with van der Waals surface area (Å²) >= 11 is 2.07. The van der Waals surface area contributed by atoms with E-state index in [0.717, 1.165) is 16.7 Å². The van der Waals surface area contributed by atoms with Gasteiger partial charge in [-0.1, -0.05) is 12.1 Å². The van der Waals surface area contributed by atoms with Crippen LogP contribution < -0.4 is 5.32 Å². The van der Waals surface area contributed by atoms with Gasteiger partial charge in [-0.25, -0.2) is 4.39 Å². The van der Waals surface area contributed by atoms with Crippen molar-refractivity contribution in [2.45, 2.75) is 0 Å². The molecule has 1 fully saturated rings. The highest BCUT2D eigenvalue weighted by atomic mass is 127. The van der Waals surface area contributed by atoms with Crippen LogP contribution in [0.25, 0.3) is 0 Å². The zero-order valence-electron chi connectivity index (χ0n) is 13.4. The Hall–Kier alpha value is -1.67. The fourth-order valence-corrected chi connectivity index (χ4v) is 3.15. The number of nitrogens with zero attached hydrogens (tertiary/aromatic N) is 2. The monoisotopic (exact) mass is 439 g/mol. The molecular weight excluding hydrogens is 420 g/mol. The number of halogens is 2.